The van der Waals surface area contributed by atoms with E-state index in [9.17, 15) is 4.39 Å². The summed E-state index contributed by atoms with van der Waals surface area (Å²) in [5, 5.41) is 0. The minimum atomic E-state index is -0.203. The van der Waals surface area contributed by atoms with Crippen LogP contribution in [0, 0.1) is 5.82 Å². The Morgan fingerprint density at radius 3 is 2.43 bits per heavy atom. The van der Waals surface area contributed by atoms with Crippen LogP contribution in [0.4, 0.5) is 4.39 Å². The summed E-state index contributed by atoms with van der Waals surface area (Å²) in [6.45, 7) is 0.435. The fraction of sp³-hybridized carbons (Fsp3) is 0.0526. The molecule has 3 nitrogen and oxygen atoms in total. The van der Waals surface area contributed by atoms with E-state index in [1.54, 1.807) is 24.5 Å². The Labute approximate surface area is 133 Å². The van der Waals surface area contributed by atoms with E-state index < -0.39 is 0 Å². The van der Waals surface area contributed by atoms with E-state index in [1.807, 2.05) is 47.0 Å². The van der Waals surface area contributed by atoms with Gasteiger partial charge in [0.15, 0.2) is 0 Å². The van der Waals surface area contributed by atoms with Gasteiger partial charge in [0.1, 0.15) is 11.6 Å². The average molecular weight is 303 g/mol. The summed E-state index contributed by atoms with van der Waals surface area (Å²) < 4.78 is 16.1. The Bertz CT molecular complexity index is 961. The maximum Gasteiger partial charge on any atom is 0.141 e. The number of rotatable bonds is 3. The van der Waals surface area contributed by atoms with Crippen LogP contribution >= 0.6 is 0 Å². The van der Waals surface area contributed by atoms with Gasteiger partial charge in [-0.1, -0.05) is 30.3 Å². The molecule has 4 rings (SSSR count). The molecule has 0 saturated heterocycles. The normalized spacial score (nSPS) is 11.0. The smallest absolute Gasteiger partial charge is 0.141 e. The predicted molar refractivity (Wildman–Crippen MR) is 88.5 cm³/mol. The number of imidazole rings is 1. The quantitative estimate of drug-likeness (QED) is 0.565. The largest absolute Gasteiger partial charge is 0.319 e. The summed E-state index contributed by atoms with van der Waals surface area (Å²) in [4.78, 5) is 8.78. The molecule has 0 aliphatic heterocycles. The van der Waals surface area contributed by atoms with E-state index in [0.717, 1.165) is 22.4 Å². The first-order chi connectivity index (χ1) is 11.3. The molecule has 0 saturated carbocycles. The molecule has 0 atom stereocenters. The molecule has 0 amide bonds. The number of para-hydroxylation sites is 2. The zero-order valence-corrected chi connectivity index (χ0v) is 12.4. The van der Waals surface area contributed by atoms with Crippen molar-refractivity contribution in [2.24, 2.45) is 0 Å². The Morgan fingerprint density at radius 1 is 0.870 bits per heavy atom. The minimum Gasteiger partial charge on any atom is -0.319 e. The maximum atomic E-state index is 14.1. The highest BCUT2D eigenvalue weighted by Gasteiger charge is 2.13. The third kappa shape index (κ3) is 2.48. The molecule has 0 N–H and O–H groups in total. The van der Waals surface area contributed by atoms with Gasteiger partial charge in [-0.05, 0) is 30.3 Å². The molecule has 4 aromatic rings. The van der Waals surface area contributed by atoms with Gasteiger partial charge < -0.3 is 4.57 Å². The summed E-state index contributed by atoms with van der Waals surface area (Å²) in [5.74, 6) is 0.614. The Balaban J connectivity index is 1.92. The SMILES string of the molecule is Fc1ccccc1Cn1c(-c2ccncc2)nc2ccccc21. The second-order valence-corrected chi connectivity index (χ2v) is 5.34. The highest BCUT2D eigenvalue weighted by atomic mass is 19.1. The summed E-state index contributed by atoms with van der Waals surface area (Å²) >= 11 is 0. The van der Waals surface area contributed by atoms with Crippen molar-refractivity contribution in [1.82, 2.24) is 14.5 Å². The fourth-order valence-corrected chi connectivity index (χ4v) is 2.75. The molecule has 0 unspecified atom stereocenters. The molecule has 2 aromatic heterocycles. The Morgan fingerprint density at radius 2 is 1.61 bits per heavy atom. The predicted octanol–water partition coefficient (Wildman–Crippen LogP) is 4.29. The molecule has 0 radical (unpaired) electrons. The van der Waals surface area contributed by atoms with Gasteiger partial charge in [-0.2, -0.15) is 0 Å². The van der Waals surface area contributed by atoms with E-state index in [2.05, 4.69) is 4.98 Å². The number of hydrogen-bond donors (Lipinski definition) is 0. The van der Waals surface area contributed by atoms with Crippen molar-refractivity contribution in [3.05, 3.63) is 84.4 Å². The highest BCUT2D eigenvalue weighted by molar-refractivity contribution is 5.80. The number of aromatic nitrogens is 3. The van der Waals surface area contributed by atoms with Gasteiger partial charge in [-0.15, -0.1) is 0 Å². The molecular formula is C19H14FN3. The van der Waals surface area contributed by atoms with Crippen molar-refractivity contribution >= 4 is 11.0 Å². The average Bonchev–Trinajstić information content (AvgIpc) is 2.96. The van der Waals surface area contributed by atoms with Crippen molar-refractivity contribution in [1.29, 1.82) is 0 Å². The standard InChI is InChI=1S/C19H14FN3/c20-16-6-2-1-5-15(16)13-23-18-8-4-3-7-17(18)22-19(23)14-9-11-21-12-10-14/h1-12H,13H2. The molecule has 0 aliphatic rings. The van der Waals surface area contributed by atoms with Crippen LogP contribution in [-0.4, -0.2) is 14.5 Å². The molecule has 0 fully saturated rings. The van der Waals surface area contributed by atoms with Gasteiger partial charge in [0, 0.05) is 23.5 Å². The zero-order chi connectivity index (χ0) is 15.6. The molecule has 0 aliphatic carbocycles. The molecule has 23 heavy (non-hydrogen) atoms. The lowest BCUT2D eigenvalue weighted by Gasteiger charge is -2.10. The van der Waals surface area contributed by atoms with Gasteiger partial charge in [0.25, 0.3) is 0 Å². The van der Waals surface area contributed by atoms with Crippen LogP contribution in [0.3, 0.4) is 0 Å². The van der Waals surface area contributed by atoms with Crippen molar-refractivity contribution in [2.75, 3.05) is 0 Å². The lowest BCUT2D eigenvalue weighted by Crippen LogP contribution is -2.04. The third-order valence-corrected chi connectivity index (χ3v) is 3.88. The van der Waals surface area contributed by atoms with E-state index in [-0.39, 0.29) is 5.82 Å². The van der Waals surface area contributed by atoms with E-state index >= 15 is 0 Å². The topological polar surface area (TPSA) is 30.7 Å². The number of fused-ring (bicyclic) bond motifs is 1. The van der Waals surface area contributed by atoms with Crippen LogP contribution in [0.25, 0.3) is 22.4 Å². The molecule has 112 valence electrons. The van der Waals surface area contributed by atoms with Crippen LogP contribution in [-0.2, 0) is 6.54 Å². The van der Waals surface area contributed by atoms with Crippen molar-refractivity contribution in [3.63, 3.8) is 0 Å². The fourth-order valence-electron chi connectivity index (χ4n) is 2.75. The monoisotopic (exact) mass is 303 g/mol. The molecule has 2 heterocycles. The van der Waals surface area contributed by atoms with Gasteiger partial charge in [0.2, 0.25) is 0 Å². The third-order valence-electron chi connectivity index (χ3n) is 3.88. The summed E-state index contributed by atoms with van der Waals surface area (Å²) in [5.41, 5.74) is 3.50. The number of halogens is 1. The van der Waals surface area contributed by atoms with Gasteiger partial charge >= 0.3 is 0 Å². The Hall–Kier alpha value is -3.01. The minimum absolute atomic E-state index is 0.203. The van der Waals surface area contributed by atoms with E-state index in [1.165, 1.54) is 6.07 Å². The summed E-state index contributed by atoms with van der Waals surface area (Å²) in [6, 6.07) is 18.6. The van der Waals surface area contributed by atoms with Gasteiger partial charge in [0.05, 0.1) is 17.6 Å². The molecular weight excluding hydrogens is 289 g/mol. The first-order valence-electron chi connectivity index (χ1n) is 7.42. The summed E-state index contributed by atoms with van der Waals surface area (Å²) in [6.07, 6.45) is 3.48. The molecule has 4 heteroatoms. The van der Waals surface area contributed by atoms with Crippen LogP contribution in [0.5, 0.6) is 0 Å². The second-order valence-electron chi connectivity index (χ2n) is 5.34. The highest BCUT2D eigenvalue weighted by Crippen LogP contribution is 2.25. The van der Waals surface area contributed by atoms with Crippen molar-refractivity contribution < 1.29 is 4.39 Å². The zero-order valence-electron chi connectivity index (χ0n) is 12.4. The van der Waals surface area contributed by atoms with E-state index in [0.29, 0.717) is 12.1 Å². The number of benzene rings is 2. The van der Waals surface area contributed by atoms with Crippen molar-refractivity contribution in [2.45, 2.75) is 6.54 Å². The molecule has 0 bridgehead atoms. The number of nitrogens with zero attached hydrogens (tertiary/aromatic N) is 3. The summed E-state index contributed by atoms with van der Waals surface area (Å²) in [7, 11) is 0. The molecule has 2 aromatic carbocycles. The van der Waals surface area contributed by atoms with Crippen LogP contribution in [0.2, 0.25) is 0 Å². The second kappa shape index (κ2) is 5.65. The number of hydrogen-bond acceptors (Lipinski definition) is 2. The van der Waals surface area contributed by atoms with Gasteiger partial charge in [-0.3, -0.25) is 4.98 Å². The van der Waals surface area contributed by atoms with Crippen LogP contribution in [0.1, 0.15) is 5.56 Å². The first kappa shape index (κ1) is 13.6. The van der Waals surface area contributed by atoms with E-state index in [4.69, 9.17) is 4.98 Å². The Kier molecular flexibility index (Phi) is 3.35. The van der Waals surface area contributed by atoms with Crippen LogP contribution in [0.15, 0.2) is 73.1 Å². The van der Waals surface area contributed by atoms with Crippen molar-refractivity contribution in [3.8, 4) is 11.4 Å². The van der Waals surface area contributed by atoms with Gasteiger partial charge in [-0.25, -0.2) is 9.37 Å². The van der Waals surface area contributed by atoms with Crippen LogP contribution < -0.4 is 0 Å². The lowest BCUT2D eigenvalue weighted by molar-refractivity contribution is 0.602. The maximum absolute atomic E-state index is 14.1. The molecule has 0 spiro atoms. The first-order valence-corrected chi connectivity index (χ1v) is 7.42. The lowest BCUT2D eigenvalue weighted by atomic mass is 10.2. The number of pyridine rings is 1.